The highest BCUT2D eigenvalue weighted by molar-refractivity contribution is 7.09. The van der Waals surface area contributed by atoms with Crippen molar-refractivity contribution in [2.24, 2.45) is 0 Å². The zero-order valence-corrected chi connectivity index (χ0v) is 11.3. The third-order valence-electron chi connectivity index (χ3n) is 2.99. The van der Waals surface area contributed by atoms with Gasteiger partial charge < -0.3 is 4.90 Å². The predicted molar refractivity (Wildman–Crippen MR) is 71.5 cm³/mol. The molecule has 5 heteroatoms. The fraction of sp³-hybridized carbons (Fsp3) is 0.583. The highest BCUT2D eigenvalue weighted by Crippen LogP contribution is 2.13. The van der Waals surface area contributed by atoms with Crippen molar-refractivity contribution in [1.82, 2.24) is 9.80 Å². The molecule has 2 rings (SSSR count). The number of halogens is 1. The van der Waals surface area contributed by atoms with Crippen molar-refractivity contribution in [3.05, 3.63) is 22.4 Å². The second kappa shape index (κ2) is 6.38. The van der Waals surface area contributed by atoms with Gasteiger partial charge in [-0.05, 0) is 11.4 Å². The number of carbonyl (C=O) groups is 1. The van der Waals surface area contributed by atoms with Gasteiger partial charge in [0.05, 0.1) is 0 Å². The number of nitrogens with zero attached hydrogens (tertiary/aromatic N) is 2. The number of carbonyl (C=O) groups excluding carboxylic acids is 1. The minimum atomic E-state index is 0.191. The molecule has 17 heavy (non-hydrogen) atoms. The number of thiophene rings is 1. The summed E-state index contributed by atoms with van der Waals surface area (Å²) in [4.78, 5) is 17.4. The lowest BCUT2D eigenvalue weighted by atomic mass is 10.2. The minimum Gasteiger partial charge on any atom is -0.340 e. The van der Waals surface area contributed by atoms with Crippen molar-refractivity contribution in [3.63, 3.8) is 0 Å². The van der Waals surface area contributed by atoms with Gasteiger partial charge in [0.15, 0.2) is 0 Å². The first kappa shape index (κ1) is 12.9. The number of rotatable bonds is 4. The Balaban J connectivity index is 1.76. The molecule has 0 unspecified atom stereocenters. The molecule has 0 spiro atoms. The molecule has 0 atom stereocenters. The maximum absolute atomic E-state index is 11.6. The Morgan fingerprint density at radius 3 is 2.71 bits per heavy atom. The average molecular weight is 273 g/mol. The number of hydrogen-bond acceptors (Lipinski definition) is 3. The molecule has 0 bridgehead atoms. The van der Waals surface area contributed by atoms with Crippen LogP contribution < -0.4 is 0 Å². The number of piperazine rings is 1. The monoisotopic (exact) mass is 272 g/mol. The Bertz CT molecular complexity index is 347. The van der Waals surface area contributed by atoms with Gasteiger partial charge in [-0.25, -0.2) is 0 Å². The third kappa shape index (κ3) is 3.69. The standard InChI is InChI=1S/C12H17ClN2OS/c13-4-3-12(16)15-7-5-14(6-8-15)10-11-2-1-9-17-11/h1-2,9H,3-8,10H2. The van der Waals surface area contributed by atoms with Crippen molar-refractivity contribution >= 4 is 28.8 Å². The van der Waals surface area contributed by atoms with Crippen molar-refractivity contribution in [2.75, 3.05) is 32.1 Å². The van der Waals surface area contributed by atoms with Crippen LogP contribution in [0, 0.1) is 0 Å². The second-order valence-corrected chi connectivity index (χ2v) is 5.59. The van der Waals surface area contributed by atoms with E-state index in [2.05, 4.69) is 22.4 Å². The van der Waals surface area contributed by atoms with E-state index >= 15 is 0 Å². The average Bonchev–Trinajstić information content (AvgIpc) is 2.83. The van der Waals surface area contributed by atoms with E-state index in [4.69, 9.17) is 11.6 Å². The second-order valence-electron chi connectivity index (χ2n) is 4.18. The summed E-state index contributed by atoms with van der Waals surface area (Å²) in [6.45, 7) is 4.61. The van der Waals surface area contributed by atoms with E-state index in [1.165, 1.54) is 4.88 Å². The summed E-state index contributed by atoms with van der Waals surface area (Å²) in [6.07, 6.45) is 0.465. The van der Waals surface area contributed by atoms with Crippen LogP contribution >= 0.6 is 22.9 Å². The molecule has 1 aliphatic heterocycles. The summed E-state index contributed by atoms with van der Waals surface area (Å²) in [5, 5.41) is 2.11. The first-order valence-corrected chi connectivity index (χ1v) is 7.29. The van der Waals surface area contributed by atoms with Crippen LogP contribution in [-0.4, -0.2) is 47.8 Å². The zero-order valence-electron chi connectivity index (χ0n) is 9.77. The molecular weight excluding hydrogens is 256 g/mol. The Kier molecular flexibility index (Phi) is 4.83. The van der Waals surface area contributed by atoms with Gasteiger partial charge in [-0.1, -0.05) is 6.07 Å². The van der Waals surface area contributed by atoms with E-state index in [0.29, 0.717) is 12.3 Å². The summed E-state index contributed by atoms with van der Waals surface area (Å²) < 4.78 is 0. The molecule has 1 fully saturated rings. The molecule has 0 radical (unpaired) electrons. The molecule has 1 aliphatic rings. The Hall–Kier alpha value is -0.580. The highest BCUT2D eigenvalue weighted by Gasteiger charge is 2.20. The molecule has 1 saturated heterocycles. The smallest absolute Gasteiger partial charge is 0.223 e. The normalized spacial score (nSPS) is 17.4. The molecule has 1 aromatic heterocycles. The molecule has 0 aromatic carbocycles. The molecule has 1 aromatic rings. The lowest BCUT2D eigenvalue weighted by Gasteiger charge is -2.34. The summed E-state index contributed by atoms with van der Waals surface area (Å²) in [6, 6.07) is 4.25. The number of alkyl halides is 1. The fourth-order valence-electron chi connectivity index (χ4n) is 2.02. The van der Waals surface area contributed by atoms with Crippen LogP contribution in [0.3, 0.4) is 0 Å². The van der Waals surface area contributed by atoms with Crippen LogP contribution in [0.5, 0.6) is 0 Å². The molecule has 0 aliphatic carbocycles. The van der Waals surface area contributed by atoms with Crippen LogP contribution in [0.1, 0.15) is 11.3 Å². The van der Waals surface area contributed by atoms with Crippen LogP contribution in [0.25, 0.3) is 0 Å². The van der Waals surface area contributed by atoms with Gasteiger partial charge in [0.1, 0.15) is 0 Å². The minimum absolute atomic E-state index is 0.191. The van der Waals surface area contributed by atoms with Crippen LogP contribution in [0.2, 0.25) is 0 Å². The maximum Gasteiger partial charge on any atom is 0.223 e. The lowest BCUT2D eigenvalue weighted by Crippen LogP contribution is -2.48. The number of hydrogen-bond donors (Lipinski definition) is 0. The van der Waals surface area contributed by atoms with Crippen molar-refractivity contribution in [1.29, 1.82) is 0 Å². The van der Waals surface area contributed by atoms with E-state index in [1.807, 2.05) is 4.90 Å². The van der Waals surface area contributed by atoms with Gasteiger partial charge in [0, 0.05) is 49.9 Å². The van der Waals surface area contributed by atoms with E-state index in [0.717, 1.165) is 32.7 Å². The first-order valence-electron chi connectivity index (χ1n) is 5.88. The molecule has 94 valence electrons. The molecule has 3 nitrogen and oxygen atoms in total. The van der Waals surface area contributed by atoms with Gasteiger partial charge in [0.2, 0.25) is 5.91 Å². The van der Waals surface area contributed by atoms with Crippen molar-refractivity contribution in [3.8, 4) is 0 Å². The van der Waals surface area contributed by atoms with Gasteiger partial charge in [-0.15, -0.1) is 22.9 Å². The predicted octanol–water partition coefficient (Wildman–Crippen LogP) is 2.02. The summed E-state index contributed by atoms with van der Waals surface area (Å²) >= 11 is 7.37. The van der Waals surface area contributed by atoms with Gasteiger partial charge in [-0.2, -0.15) is 0 Å². The van der Waals surface area contributed by atoms with Crippen LogP contribution in [0.4, 0.5) is 0 Å². The SMILES string of the molecule is O=C(CCCl)N1CCN(Cc2cccs2)CC1. The summed E-state index contributed by atoms with van der Waals surface area (Å²) in [5.41, 5.74) is 0. The Morgan fingerprint density at radius 2 is 2.12 bits per heavy atom. The Morgan fingerprint density at radius 1 is 1.35 bits per heavy atom. The van der Waals surface area contributed by atoms with Gasteiger partial charge in [-0.3, -0.25) is 9.69 Å². The molecular formula is C12H17ClN2OS. The van der Waals surface area contributed by atoms with Gasteiger partial charge >= 0.3 is 0 Å². The topological polar surface area (TPSA) is 23.6 Å². The third-order valence-corrected chi connectivity index (χ3v) is 4.04. The molecule has 0 N–H and O–H groups in total. The maximum atomic E-state index is 11.6. The van der Waals surface area contributed by atoms with E-state index in [9.17, 15) is 4.79 Å². The van der Waals surface area contributed by atoms with E-state index in [1.54, 1.807) is 11.3 Å². The largest absolute Gasteiger partial charge is 0.340 e. The van der Waals surface area contributed by atoms with E-state index < -0.39 is 0 Å². The Labute approximate surface area is 111 Å². The quantitative estimate of drug-likeness (QED) is 0.783. The molecule has 1 amide bonds. The van der Waals surface area contributed by atoms with Crippen LogP contribution in [-0.2, 0) is 11.3 Å². The fourth-order valence-corrected chi connectivity index (χ4v) is 2.93. The zero-order chi connectivity index (χ0) is 12.1. The van der Waals surface area contributed by atoms with Crippen molar-refractivity contribution < 1.29 is 4.79 Å². The van der Waals surface area contributed by atoms with Crippen LogP contribution in [0.15, 0.2) is 17.5 Å². The summed E-state index contributed by atoms with van der Waals surface area (Å²) in [7, 11) is 0. The lowest BCUT2D eigenvalue weighted by molar-refractivity contribution is -0.132. The number of amides is 1. The molecule has 0 saturated carbocycles. The van der Waals surface area contributed by atoms with Crippen molar-refractivity contribution in [2.45, 2.75) is 13.0 Å². The van der Waals surface area contributed by atoms with E-state index in [-0.39, 0.29) is 5.91 Å². The first-order chi connectivity index (χ1) is 8.29. The van der Waals surface area contributed by atoms with Gasteiger partial charge in [0.25, 0.3) is 0 Å². The highest BCUT2D eigenvalue weighted by atomic mass is 35.5. The molecule has 2 heterocycles. The summed E-state index contributed by atoms with van der Waals surface area (Å²) in [5.74, 6) is 0.615.